The molecule has 2 aromatic carbocycles. The molecular formula is C19H25ClFNO4. The lowest BCUT2D eigenvalue weighted by Crippen LogP contribution is -2.20. The number of halogens is 2. The fourth-order valence-corrected chi connectivity index (χ4v) is 2.30. The van der Waals surface area contributed by atoms with Crippen molar-refractivity contribution in [2.75, 3.05) is 33.5 Å². The second kappa shape index (κ2) is 12.5. The Bertz CT molecular complexity index is 640. The molecule has 0 heterocycles. The number of rotatable bonds is 11. The third-order valence-electron chi connectivity index (χ3n) is 3.55. The van der Waals surface area contributed by atoms with Crippen LogP contribution in [0.2, 0.25) is 0 Å². The van der Waals surface area contributed by atoms with Gasteiger partial charge < -0.3 is 24.6 Å². The minimum Gasteiger partial charge on any atom is -0.493 e. The van der Waals surface area contributed by atoms with E-state index in [0.29, 0.717) is 44.4 Å². The zero-order chi connectivity index (χ0) is 17.9. The van der Waals surface area contributed by atoms with Gasteiger partial charge in [0, 0.05) is 18.7 Å². The number of hydrogen-bond donors (Lipinski definition) is 2. The summed E-state index contributed by atoms with van der Waals surface area (Å²) in [5, 5.41) is 11.9. The second-order valence-corrected chi connectivity index (χ2v) is 5.38. The Morgan fingerprint density at radius 1 is 1.08 bits per heavy atom. The van der Waals surface area contributed by atoms with E-state index in [9.17, 15) is 4.39 Å². The van der Waals surface area contributed by atoms with Gasteiger partial charge in [-0.2, -0.15) is 0 Å². The Hall–Kier alpha value is -1.86. The predicted molar refractivity (Wildman–Crippen MR) is 101 cm³/mol. The van der Waals surface area contributed by atoms with E-state index in [1.54, 1.807) is 19.2 Å². The maximum Gasteiger partial charge on any atom is 0.166 e. The zero-order valence-corrected chi connectivity index (χ0v) is 15.6. The van der Waals surface area contributed by atoms with Crippen molar-refractivity contribution in [2.45, 2.75) is 13.2 Å². The fourth-order valence-electron chi connectivity index (χ4n) is 2.30. The summed E-state index contributed by atoms with van der Waals surface area (Å²) in [5.74, 6) is 1.05. The van der Waals surface area contributed by atoms with Gasteiger partial charge in [0.05, 0.1) is 26.9 Å². The topological polar surface area (TPSA) is 60.0 Å². The number of aliphatic hydroxyl groups is 1. The van der Waals surface area contributed by atoms with Gasteiger partial charge in [-0.05, 0) is 23.8 Å². The number of aliphatic hydroxyl groups excluding tert-OH is 1. The maximum atomic E-state index is 13.0. The van der Waals surface area contributed by atoms with Gasteiger partial charge in [0.2, 0.25) is 0 Å². The number of hydrogen-bond acceptors (Lipinski definition) is 5. The Morgan fingerprint density at radius 2 is 1.85 bits per heavy atom. The van der Waals surface area contributed by atoms with Crippen LogP contribution in [0.25, 0.3) is 0 Å². The molecule has 0 spiro atoms. The lowest BCUT2D eigenvalue weighted by Gasteiger charge is -2.16. The normalized spacial score (nSPS) is 10.3. The Morgan fingerprint density at radius 3 is 2.54 bits per heavy atom. The Balaban J connectivity index is 0.00000338. The molecule has 0 aromatic heterocycles. The van der Waals surface area contributed by atoms with Gasteiger partial charge in [-0.15, -0.1) is 12.4 Å². The first-order valence-electron chi connectivity index (χ1n) is 8.17. The number of para-hydroxylation sites is 1. The van der Waals surface area contributed by atoms with Crippen molar-refractivity contribution in [1.29, 1.82) is 0 Å². The van der Waals surface area contributed by atoms with Crippen LogP contribution in [0.15, 0.2) is 42.5 Å². The van der Waals surface area contributed by atoms with Gasteiger partial charge in [-0.1, -0.05) is 24.3 Å². The van der Waals surface area contributed by atoms with Gasteiger partial charge in [0.25, 0.3) is 0 Å². The molecule has 0 atom stereocenters. The molecule has 0 unspecified atom stereocenters. The molecule has 0 aliphatic carbocycles. The largest absolute Gasteiger partial charge is 0.493 e. The summed E-state index contributed by atoms with van der Waals surface area (Å²) in [4.78, 5) is 0. The van der Waals surface area contributed by atoms with E-state index in [-0.39, 0.29) is 24.8 Å². The standard InChI is InChI=1S/C19H24FNO4.ClH/c1-23-18-4-2-3-16(13-21-9-11-24-12-10-22)19(18)25-14-15-5-7-17(20)8-6-15;/h2-8,21-22H,9-14H2,1H3;1H. The summed E-state index contributed by atoms with van der Waals surface area (Å²) in [7, 11) is 1.60. The molecule has 0 aliphatic rings. The number of ether oxygens (including phenoxy) is 3. The van der Waals surface area contributed by atoms with Crippen molar-refractivity contribution in [3.63, 3.8) is 0 Å². The molecule has 0 saturated heterocycles. The highest BCUT2D eigenvalue weighted by Gasteiger charge is 2.11. The minimum absolute atomic E-state index is 0. The van der Waals surface area contributed by atoms with E-state index < -0.39 is 0 Å². The lowest BCUT2D eigenvalue weighted by molar-refractivity contribution is 0.0937. The number of nitrogens with one attached hydrogen (secondary N) is 1. The average Bonchev–Trinajstić information content (AvgIpc) is 2.64. The maximum absolute atomic E-state index is 13.0. The lowest BCUT2D eigenvalue weighted by atomic mass is 10.1. The van der Waals surface area contributed by atoms with E-state index in [4.69, 9.17) is 19.3 Å². The van der Waals surface area contributed by atoms with Crippen molar-refractivity contribution in [1.82, 2.24) is 5.32 Å². The molecule has 2 N–H and O–H groups in total. The van der Waals surface area contributed by atoms with Gasteiger partial charge >= 0.3 is 0 Å². The summed E-state index contributed by atoms with van der Waals surface area (Å²) in [6.07, 6.45) is 0. The van der Waals surface area contributed by atoms with E-state index in [2.05, 4.69) is 5.32 Å². The summed E-state index contributed by atoms with van der Waals surface area (Å²) >= 11 is 0. The van der Waals surface area contributed by atoms with Crippen LogP contribution in [0.3, 0.4) is 0 Å². The van der Waals surface area contributed by atoms with Gasteiger partial charge in [-0.25, -0.2) is 4.39 Å². The van der Waals surface area contributed by atoms with E-state index in [1.165, 1.54) is 12.1 Å². The van der Waals surface area contributed by atoms with Crippen LogP contribution in [-0.4, -0.2) is 38.6 Å². The van der Waals surface area contributed by atoms with Crippen LogP contribution < -0.4 is 14.8 Å². The second-order valence-electron chi connectivity index (χ2n) is 5.38. The molecular weight excluding hydrogens is 361 g/mol. The molecule has 0 saturated carbocycles. The van der Waals surface area contributed by atoms with Crippen molar-refractivity contribution < 1.29 is 23.7 Å². The summed E-state index contributed by atoms with van der Waals surface area (Å²) in [6, 6.07) is 11.9. The highest BCUT2D eigenvalue weighted by atomic mass is 35.5. The Labute approximate surface area is 159 Å². The molecule has 2 rings (SSSR count). The first-order valence-corrected chi connectivity index (χ1v) is 8.17. The van der Waals surface area contributed by atoms with E-state index in [0.717, 1.165) is 11.1 Å². The van der Waals surface area contributed by atoms with Crippen LogP contribution in [0, 0.1) is 5.82 Å². The Kier molecular flexibility index (Phi) is 10.7. The molecule has 0 aliphatic heterocycles. The SMILES string of the molecule is COc1cccc(CNCCOCCO)c1OCc1ccc(F)cc1.Cl. The van der Waals surface area contributed by atoms with Crippen molar-refractivity contribution in [2.24, 2.45) is 0 Å². The number of methoxy groups -OCH3 is 1. The third-order valence-corrected chi connectivity index (χ3v) is 3.55. The summed E-state index contributed by atoms with van der Waals surface area (Å²) in [5.41, 5.74) is 1.84. The first kappa shape index (κ1) is 22.2. The molecule has 0 fully saturated rings. The average molecular weight is 386 g/mol. The van der Waals surface area contributed by atoms with Gasteiger partial charge in [0.1, 0.15) is 12.4 Å². The van der Waals surface area contributed by atoms with Crippen LogP contribution in [0.4, 0.5) is 4.39 Å². The highest BCUT2D eigenvalue weighted by molar-refractivity contribution is 5.85. The fraction of sp³-hybridized carbons (Fsp3) is 0.368. The molecule has 2 aromatic rings. The summed E-state index contributed by atoms with van der Waals surface area (Å²) in [6.45, 7) is 2.47. The monoisotopic (exact) mass is 385 g/mol. The van der Waals surface area contributed by atoms with Crippen LogP contribution in [0.5, 0.6) is 11.5 Å². The van der Waals surface area contributed by atoms with Crippen LogP contribution >= 0.6 is 12.4 Å². The van der Waals surface area contributed by atoms with E-state index in [1.807, 2.05) is 18.2 Å². The molecule has 0 bridgehead atoms. The molecule has 26 heavy (non-hydrogen) atoms. The third kappa shape index (κ3) is 7.17. The molecule has 144 valence electrons. The van der Waals surface area contributed by atoms with Gasteiger partial charge in [-0.3, -0.25) is 0 Å². The predicted octanol–water partition coefficient (Wildman–Crippen LogP) is 2.93. The minimum atomic E-state index is -0.269. The van der Waals surface area contributed by atoms with E-state index >= 15 is 0 Å². The van der Waals surface area contributed by atoms with Crippen molar-refractivity contribution >= 4 is 12.4 Å². The van der Waals surface area contributed by atoms with Crippen LogP contribution in [0.1, 0.15) is 11.1 Å². The molecule has 7 heteroatoms. The summed E-state index contributed by atoms with van der Waals surface area (Å²) < 4.78 is 29.5. The first-order chi connectivity index (χ1) is 12.2. The smallest absolute Gasteiger partial charge is 0.166 e. The van der Waals surface area contributed by atoms with Gasteiger partial charge in [0.15, 0.2) is 11.5 Å². The molecule has 5 nitrogen and oxygen atoms in total. The van der Waals surface area contributed by atoms with Crippen molar-refractivity contribution in [3.8, 4) is 11.5 Å². The van der Waals surface area contributed by atoms with Crippen LogP contribution in [-0.2, 0) is 17.9 Å². The highest BCUT2D eigenvalue weighted by Crippen LogP contribution is 2.31. The zero-order valence-electron chi connectivity index (χ0n) is 14.7. The number of benzene rings is 2. The van der Waals surface area contributed by atoms with Crippen molar-refractivity contribution in [3.05, 3.63) is 59.4 Å². The molecule has 0 radical (unpaired) electrons. The quantitative estimate of drug-likeness (QED) is 0.582. The molecule has 0 amide bonds.